The van der Waals surface area contributed by atoms with Crippen molar-refractivity contribution < 1.29 is 9.90 Å². The molecule has 0 unspecified atom stereocenters. The average Bonchev–Trinajstić information content (AvgIpc) is 3.23. The first-order valence-corrected chi connectivity index (χ1v) is 14.4. The molecule has 9 heteroatoms. The first-order valence-electron chi connectivity index (χ1n) is 13.2. The molecular weight excluding hydrogens is 506 g/mol. The second-order valence-corrected chi connectivity index (χ2v) is 12.6. The van der Waals surface area contributed by atoms with Gasteiger partial charge in [0.25, 0.3) is 0 Å². The van der Waals surface area contributed by atoms with Crippen molar-refractivity contribution >= 4 is 34.6 Å². The second-order valence-electron chi connectivity index (χ2n) is 11.1. The Hall–Kier alpha value is -2.55. The van der Waals surface area contributed by atoms with Crippen molar-refractivity contribution in [3.8, 4) is 5.00 Å². The molecule has 1 spiro atoms. The molecule has 1 N–H and O–H groups in total. The number of thiophene rings is 1. The first-order chi connectivity index (χ1) is 17.9. The number of carbonyl (C=O) groups is 1. The summed E-state index contributed by atoms with van der Waals surface area (Å²) in [7, 11) is 1.94. The molecule has 2 fully saturated rings. The van der Waals surface area contributed by atoms with E-state index in [4.69, 9.17) is 16.6 Å². The van der Waals surface area contributed by atoms with Crippen LogP contribution in [0, 0.1) is 12.8 Å². The number of aliphatic hydroxyl groups excluding tert-OH is 1. The molecule has 1 aromatic carbocycles. The van der Waals surface area contributed by atoms with Crippen LogP contribution in [0.25, 0.3) is 5.00 Å². The number of amides is 1. The summed E-state index contributed by atoms with van der Waals surface area (Å²) < 4.78 is 2.20. The van der Waals surface area contributed by atoms with Gasteiger partial charge in [0, 0.05) is 40.0 Å². The standard InChI is InChI=1S/C28H30ClN5O2S/c1-15-31-32-27-28(11-12-28)30-24(19-5-3-4-6-21(19)29)23-20-13-16(14-22(20)37-26(23)34(15)27)25(36)33(2)17-7-9-18(35)10-8-17/h3-6,16-18,35H,7-14H2,1-2H3/t16-,17-,18-/m0/s1. The zero-order valence-electron chi connectivity index (χ0n) is 21.1. The number of hydrogen-bond donors (Lipinski definition) is 1. The molecule has 0 saturated heterocycles. The third-order valence-corrected chi connectivity index (χ3v) is 10.3. The highest BCUT2D eigenvalue weighted by Crippen LogP contribution is 2.54. The lowest BCUT2D eigenvalue weighted by Gasteiger charge is -2.34. The number of nitrogens with zero attached hydrogens (tertiary/aromatic N) is 5. The minimum Gasteiger partial charge on any atom is -0.393 e. The van der Waals surface area contributed by atoms with Crippen LogP contribution in [0.4, 0.5) is 0 Å². The van der Waals surface area contributed by atoms with Crippen molar-refractivity contribution in [3.63, 3.8) is 0 Å². The summed E-state index contributed by atoms with van der Waals surface area (Å²) in [6, 6.07) is 8.14. The fourth-order valence-electron chi connectivity index (χ4n) is 6.44. The van der Waals surface area contributed by atoms with Gasteiger partial charge in [0.2, 0.25) is 5.91 Å². The molecule has 1 amide bonds. The number of halogens is 1. The molecule has 0 radical (unpaired) electrons. The maximum absolute atomic E-state index is 13.6. The van der Waals surface area contributed by atoms with E-state index in [2.05, 4.69) is 14.8 Å². The van der Waals surface area contributed by atoms with Gasteiger partial charge in [-0.1, -0.05) is 29.8 Å². The van der Waals surface area contributed by atoms with Gasteiger partial charge in [-0.15, -0.1) is 21.5 Å². The zero-order chi connectivity index (χ0) is 25.5. The van der Waals surface area contributed by atoms with Crippen LogP contribution in [-0.2, 0) is 23.2 Å². The predicted molar refractivity (Wildman–Crippen MR) is 144 cm³/mol. The highest BCUT2D eigenvalue weighted by atomic mass is 35.5. The van der Waals surface area contributed by atoms with Crippen LogP contribution in [0.5, 0.6) is 0 Å². The van der Waals surface area contributed by atoms with Crippen LogP contribution in [0.15, 0.2) is 29.3 Å². The molecule has 4 aliphatic rings. The predicted octanol–water partition coefficient (Wildman–Crippen LogP) is 4.61. The Bertz CT molecular complexity index is 1450. The second kappa shape index (κ2) is 8.48. The molecule has 3 aromatic rings. The molecule has 37 heavy (non-hydrogen) atoms. The molecule has 1 aliphatic heterocycles. The number of hydrogen-bond acceptors (Lipinski definition) is 6. The minimum atomic E-state index is -0.360. The van der Waals surface area contributed by atoms with Gasteiger partial charge in [-0.25, -0.2) is 0 Å². The number of aliphatic imine (C=N–C) groups is 1. The summed E-state index contributed by atoms with van der Waals surface area (Å²) in [5, 5.41) is 20.7. The number of carbonyl (C=O) groups excluding carboxylic acids is 1. The van der Waals surface area contributed by atoms with E-state index in [1.54, 1.807) is 11.3 Å². The highest BCUT2D eigenvalue weighted by molar-refractivity contribution is 7.15. The van der Waals surface area contributed by atoms with Crippen molar-refractivity contribution in [2.75, 3.05) is 7.05 Å². The highest BCUT2D eigenvalue weighted by Gasteiger charge is 2.52. The topological polar surface area (TPSA) is 83.6 Å². The van der Waals surface area contributed by atoms with Gasteiger partial charge in [-0.2, -0.15) is 0 Å². The molecule has 3 heterocycles. The monoisotopic (exact) mass is 535 g/mol. The number of aryl methyl sites for hydroxylation is 1. The molecule has 0 bridgehead atoms. The quantitative estimate of drug-likeness (QED) is 0.531. The van der Waals surface area contributed by atoms with Gasteiger partial charge >= 0.3 is 0 Å². The summed E-state index contributed by atoms with van der Waals surface area (Å²) in [4.78, 5) is 22.2. The minimum absolute atomic E-state index is 0.0736. The van der Waals surface area contributed by atoms with Crippen LogP contribution < -0.4 is 0 Å². The van der Waals surface area contributed by atoms with Gasteiger partial charge < -0.3 is 10.0 Å². The average molecular weight is 536 g/mol. The summed E-state index contributed by atoms with van der Waals surface area (Å²) in [6.45, 7) is 2.00. The molecule has 1 atom stereocenters. The fourth-order valence-corrected chi connectivity index (χ4v) is 8.12. The molecular formula is C28H30ClN5O2S. The largest absolute Gasteiger partial charge is 0.393 e. The lowest BCUT2D eigenvalue weighted by Crippen LogP contribution is -2.43. The van der Waals surface area contributed by atoms with Crippen molar-refractivity contribution in [2.24, 2.45) is 10.9 Å². The van der Waals surface area contributed by atoms with E-state index in [9.17, 15) is 9.90 Å². The Labute approximate surface area is 225 Å². The Morgan fingerprint density at radius 2 is 1.92 bits per heavy atom. The van der Waals surface area contributed by atoms with Gasteiger partial charge in [0.1, 0.15) is 16.4 Å². The molecule has 7 rings (SSSR count). The molecule has 192 valence electrons. The Morgan fingerprint density at radius 3 is 2.65 bits per heavy atom. The number of rotatable bonds is 3. The van der Waals surface area contributed by atoms with Crippen LogP contribution in [0.2, 0.25) is 5.02 Å². The molecule has 7 nitrogen and oxygen atoms in total. The maximum atomic E-state index is 13.6. The third-order valence-electron chi connectivity index (χ3n) is 8.72. The van der Waals surface area contributed by atoms with Crippen LogP contribution >= 0.6 is 22.9 Å². The van der Waals surface area contributed by atoms with E-state index in [1.165, 1.54) is 10.4 Å². The van der Waals surface area contributed by atoms with Crippen LogP contribution in [-0.4, -0.2) is 55.6 Å². The van der Waals surface area contributed by atoms with Gasteiger partial charge in [0.15, 0.2) is 5.82 Å². The van der Waals surface area contributed by atoms with Crippen molar-refractivity contribution in [2.45, 2.75) is 76.0 Å². The zero-order valence-corrected chi connectivity index (χ0v) is 22.6. The number of aromatic nitrogens is 3. The van der Waals surface area contributed by atoms with Gasteiger partial charge in [-0.05, 0) is 69.9 Å². The third kappa shape index (κ3) is 3.63. The Balaban J connectivity index is 1.30. The van der Waals surface area contributed by atoms with Crippen LogP contribution in [0.1, 0.15) is 71.7 Å². The van der Waals surface area contributed by atoms with Crippen LogP contribution in [0.3, 0.4) is 0 Å². The van der Waals surface area contributed by atoms with E-state index in [0.29, 0.717) is 11.4 Å². The van der Waals surface area contributed by atoms with E-state index < -0.39 is 0 Å². The Morgan fingerprint density at radius 1 is 1.16 bits per heavy atom. The maximum Gasteiger partial charge on any atom is 0.226 e. The van der Waals surface area contributed by atoms with E-state index in [0.717, 1.165) is 78.4 Å². The van der Waals surface area contributed by atoms with E-state index in [1.807, 2.05) is 43.1 Å². The molecule has 3 aliphatic carbocycles. The van der Waals surface area contributed by atoms with E-state index >= 15 is 0 Å². The van der Waals surface area contributed by atoms with E-state index in [-0.39, 0.29) is 29.5 Å². The molecule has 2 saturated carbocycles. The number of benzene rings is 1. The molecule has 2 aromatic heterocycles. The SMILES string of the molecule is Cc1nnc2n1-c1sc3c(c1C(c1ccccc1Cl)=NC21CC1)C[C@H](C(=O)N(C)[C@H]1CC[C@H](O)CC1)C3. The fraction of sp³-hybridized carbons (Fsp3) is 0.500. The van der Waals surface area contributed by atoms with Crippen molar-refractivity contribution in [1.82, 2.24) is 19.7 Å². The van der Waals surface area contributed by atoms with Gasteiger partial charge in [-0.3, -0.25) is 14.4 Å². The van der Waals surface area contributed by atoms with Crippen molar-refractivity contribution in [3.05, 3.63) is 62.5 Å². The number of fused-ring (bicyclic) bond motifs is 6. The summed E-state index contributed by atoms with van der Waals surface area (Å²) in [5.41, 5.74) is 3.81. The summed E-state index contributed by atoms with van der Waals surface area (Å²) >= 11 is 8.51. The number of aliphatic hydroxyl groups is 1. The lowest BCUT2D eigenvalue weighted by molar-refractivity contribution is -0.137. The lowest BCUT2D eigenvalue weighted by atomic mass is 9.91. The summed E-state index contributed by atoms with van der Waals surface area (Å²) in [5.74, 6) is 1.92. The smallest absolute Gasteiger partial charge is 0.226 e. The van der Waals surface area contributed by atoms with Crippen molar-refractivity contribution in [1.29, 1.82) is 0 Å². The normalized spacial score (nSPS) is 25.2. The van der Waals surface area contributed by atoms with Gasteiger partial charge in [0.05, 0.1) is 11.8 Å². The Kier molecular flexibility index (Phi) is 5.40. The first kappa shape index (κ1) is 23.6. The summed E-state index contributed by atoms with van der Waals surface area (Å²) in [6.07, 6.45) is 6.38.